The average Bonchev–Trinajstić information content (AvgIpc) is 2.70. The van der Waals surface area contributed by atoms with Crippen LogP contribution < -0.4 is 5.32 Å². The summed E-state index contributed by atoms with van der Waals surface area (Å²) >= 11 is 5.64. The molecule has 2 aliphatic carbocycles. The van der Waals surface area contributed by atoms with Gasteiger partial charge in [-0.1, -0.05) is 0 Å². The number of halogens is 1. The number of rotatable bonds is 3. The van der Waals surface area contributed by atoms with Gasteiger partial charge in [0.15, 0.2) is 0 Å². The molecular weight excluding hydrogens is 282 g/mol. The molecule has 88 valence electrons. The summed E-state index contributed by atoms with van der Waals surface area (Å²) in [5.41, 5.74) is 0. The normalized spacial score (nSPS) is 33.8. The Morgan fingerprint density at radius 3 is 2.56 bits per heavy atom. The van der Waals surface area contributed by atoms with Crippen molar-refractivity contribution in [2.45, 2.75) is 32.2 Å². The van der Waals surface area contributed by atoms with Gasteiger partial charge in [0.05, 0.1) is 0 Å². The van der Waals surface area contributed by atoms with Crippen LogP contribution in [0, 0.1) is 24.7 Å². The second-order valence-electron chi connectivity index (χ2n) is 5.32. The first kappa shape index (κ1) is 11.2. The lowest BCUT2D eigenvalue weighted by atomic mass is 9.93. The topological polar surface area (TPSA) is 12.0 Å². The summed E-state index contributed by atoms with van der Waals surface area (Å²) in [6.07, 6.45) is 4.40. The molecule has 3 heteroatoms. The number of fused-ring (bicyclic) bond motifs is 1. The number of hydrogen-bond acceptors (Lipinski definition) is 2. The van der Waals surface area contributed by atoms with Crippen molar-refractivity contribution in [1.29, 1.82) is 0 Å². The maximum absolute atomic E-state index is 3.70. The van der Waals surface area contributed by atoms with E-state index in [2.05, 4.69) is 41.3 Å². The van der Waals surface area contributed by atoms with Gasteiger partial charge in [-0.05, 0) is 73.0 Å². The molecule has 3 atom stereocenters. The van der Waals surface area contributed by atoms with Crippen LogP contribution in [0.25, 0.3) is 0 Å². The van der Waals surface area contributed by atoms with Crippen molar-refractivity contribution in [3.8, 4) is 0 Å². The van der Waals surface area contributed by atoms with Crippen LogP contribution in [0.3, 0.4) is 0 Å². The first-order valence-corrected chi connectivity index (χ1v) is 7.73. The van der Waals surface area contributed by atoms with Gasteiger partial charge in [-0.15, -0.1) is 11.3 Å². The fourth-order valence-electron chi connectivity index (χ4n) is 3.33. The smallest absolute Gasteiger partial charge is 0.0452 e. The molecule has 0 radical (unpaired) electrons. The van der Waals surface area contributed by atoms with Gasteiger partial charge in [0.25, 0.3) is 0 Å². The maximum atomic E-state index is 3.70. The molecule has 3 unspecified atom stereocenters. The minimum atomic E-state index is 0.570. The Bertz CT molecular complexity index is 391. The van der Waals surface area contributed by atoms with Crippen molar-refractivity contribution < 1.29 is 0 Å². The zero-order chi connectivity index (χ0) is 11.3. The highest BCUT2D eigenvalue weighted by molar-refractivity contribution is 9.10. The first-order chi connectivity index (χ1) is 7.69. The van der Waals surface area contributed by atoms with E-state index in [0.29, 0.717) is 6.04 Å². The van der Waals surface area contributed by atoms with E-state index in [1.54, 1.807) is 0 Å². The quantitative estimate of drug-likeness (QED) is 0.885. The molecule has 2 fully saturated rings. The SMILES string of the molecule is CNC(c1sc(C)cc1Br)C1CC2CC2C1. The number of thiophene rings is 1. The summed E-state index contributed by atoms with van der Waals surface area (Å²) < 4.78 is 1.30. The Labute approximate surface area is 110 Å². The Morgan fingerprint density at radius 1 is 1.38 bits per heavy atom. The van der Waals surface area contributed by atoms with Crippen LogP contribution in [0.1, 0.15) is 35.1 Å². The molecule has 0 aromatic carbocycles. The summed E-state index contributed by atoms with van der Waals surface area (Å²) in [6, 6.07) is 2.82. The van der Waals surface area contributed by atoms with Crippen LogP contribution in [-0.4, -0.2) is 7.05 Å². The molecular formula is C13H18BrNS. The summed E-state index contributed by atoms with van der Waals surface area (Å²) in [4.78, 5) is 2.91. The largest absolute Gasteiger partial charge is 0.312 e. The third-order valence-corrected chi connectivity index (χ3v) is 6.23. The van der Waals surface area contributed by atoms with Gasteiger partial charge < -0.3 is 5.32 Å². The van der Waals surface area contributed by atoms with Crippen LogP contribution in [-0.2, 0) is 0 Å². The highest BCUT2D eigenvalue weighted by Crippen LogP contribution is 2.57. The Kier molecular flexibility index (Phi) is 2.89. The van der Waals surface area contributed by atoms with Crippen molar-refractivity contribution in [3.63, 3.8) is 0 Å². The number of hydrogen-bond donors (Lipinski definition) is 1. The molecule has 0 amide bonds. The summed E-state index contributed by atoms with van der Waals surface area (Å²) in [5.74, 6) is 3.00. The highest BCUT2D eigenvalue weighted by Gasteiger charge is 2.48. The molecule has 1 nitrogen and oxygen atoms in total. The van der Waals surface area contributed by atoms with Gasteiger partial charge in [-0.25, -0.2) is 0 Å². The zero-order valence-electron chi connectivity index (χ0n) is 9.79. The predicted octanol–water partition coefficient (Wildman–Crippen LogP) is 4.13. The van der Waals surface area contributed by atoms with Crippen molar-refractivity contribution in [3.05, 3.63) is 20.3 Å². The molecule has 16 heavy (non-hydrogen) atoms. The first-order valence-electron chi connectivity index (χ1n) is 6.12. The van der Waals surface area contributed by atoms with Gasteiger partial charge in [0.1, 0.15) is 0 Å². The molecule has 0 spiro atoms. The van der Waals surface area contributed by atoms with Crippen molar-refractivity contribution in [2.75, 3.05) is 7.05 Å². The minimum Gasteiger partial charge on any atom is -0.312 e. The summed E-state index contributed by atoms with van der Waals surface area (Å²) in [6.45, 7) is 2.19. The number of nitrogens with one attached hydrogen (secondary N) is 1. The molecule has 0 saturated heterocycles. The molecule has 0 bridgehead atoms. The predicted molar refractivity (Wildman–Crippen MR) is 72.9 cm³/mol. The van der Waals surface area contributed by atoms with Crippen LogP contribution >= 0.6 is 27.3 Å². The lowest BCUT2D eigenvalue weighted by molar-refractivity contribution is 0.363. The van der Waals surface area contributed by atoms with E-state index in [4.69, 9.17) is 0 Å². The van der Waals surface area contributed by atoms with E-state index in [1.807, 2.05) is 11.3 Å². The molecule has 1 heterocycles. The highest BCUT2D eigenvalue weighted by atomic mass is 79.9. The van der Waals surface area contributed by atoms with E-state index < -0.39 is 0 Å². The molecule has 1 aromatic heterocycles. The van der Waals surface area contributed by atoms with Gasteiger partial charge in [0.2, 0.25) is 0 Å². The summed E-state index contributed by atoms with van der Waals surface area (Å²) in [7, 11) is 2.11. The third kappa shape index (κ3) is 1.87. The van der Waals surface area contributed by atoms with Gasteiger partial charge >= 0.3 is 0 Å². The van der Waals surface area contributed by atoms with E-state index in [9.17, 15) is 0 Å². The van der Waals surface area contributed by atoms with E-state index in [1.165, 1.54) is 33.5 Å². The fourth-order valence-corrected chi connectivity index (χ4v) is 5.43. The van der Waals surface area contributed by atoms with Crippen molar-refractivity contribution >= 4 is 27.3 Å². The number of aryl methyl sites for hydroxylation is 1. The van der Waals surface area contributed by atoms with Crippen molar-refractivity contribution in [1.82, 2.24) is 5.32 Å². The Hall–Kier alpha value is 0.140. The van der Waals surface area contributed by atoms with Crippen LogP contribution in [0.2, 0.25) is 0 Å². The maximum Gasteiger partial charge on any atom is 0.0452 e. The van der Waals surface area contributed by atoms with Gasteiger partial charge in [0, 0.05) is 20.3 Å². The molecule has 3 rings (SSSR count). The molecule has 1 N–H and O–H groups in total. The lowest BCUT2D eigenvalue weighted by Gasteiger charge is -2.23. The van der Waals surface area contributed by atoms with E-state index in [-0.39, 0.29) is 0 Å². The van der Waals surface area contributed by atoms with Crippen LogP contribution in [0.4, 0.5) is 0 Å². The lowest BCUT2D eigenvalue weighted by Crippen LogP contribution is -2.23. The molecule has 2 aliphatic rings. The Balaban J connectivity index is 1.82. The van der Waals surface area contributed by atoms with Crippen LogP contribution in [0.15, 0.2) is 10.5 Å². The summed E-state index contributed by atoms with van der Waals surface area (Å²) in [5, 5.41) is 3.54. The molecule has 0 aliphatic heterocycles. The average molecular weight is 300 g/mol. The monoisotopic (exact) mass is 299 g/mol. The Morgan fingerprint density at radius 2 is 2.06 bits per heavy atom. The zero-order valence-corrected chi connectivity index (χ0v) is 12.2. The second-order valence-corrected chi connectivity index (χ2v) is 7.47. The van der Waals surface area contributed by atoms with E-state index >= 15 is 0 Å². The van der Waals surface area contributed by atoms with Crippen molar-refractivity contribution in [2.24, 2.45) is 17.8 Å². The van der Waals surface area contributed by atoms with Gasteiger partial charge in [-0.2, -0.15) is 0 Å². The van der Waals surface area contributed by atoms with Gasteiger partial charge in [-0.3, -0.25) is 0 Å². The fraction of sp³-hybridized carbons (Fsp3) is 0.692. The molecule has 1 aromatic rings. The van der Waals surface area contributed by atoms with Crippen LogP contribution in [0.5, 0.6) is 0 Å². The third-order valence-electron chi connectivity index (χ3n) is 4.18. The van der Waals surface area contributed by atoms with E-state index in [0.717, 1.165) is 17.8 Å². The second kappa shape index (κ2) is 4.11. The molecule has 2 saturated carbocycles. The minimum absolute atomic E-state index is 0.570. The standard InChI is InChI=1S/C13H18BrNS/c1-7-3-11(14)13(16-7)12(15-2)10-5-8-4-9(8)6-10/h3,8-10,12,15H,4-6H2,1-2H3.